The SMILES string of the molecule is Cc1cc(N)c(N[C@@H]2CCCN(C(=O)c3nccc4ccccc34)C2)c(C(=O)N2CCCCC2)c1. The summed E-state index contributed by atoms with van der Waals surface area (Å²) in [6, 6.07) is 13.6. The molecule has 3 heterocycles. The van der Waals surface area contributed by atoms with E-state index in [9.17, 15) is 9.59 Å². The number of aryl methyl sites for hydroxylation is 1. The van der Waals surface area contributed by atoms with Gasteiger partial charge in [0.05, 0.1) is 16.9 Å². The number of likely N-dealkylation sites (tertiary alicyclic amines) is 2. The molecule has 0 bridgehead atoms. The monoisotopic (exact) mass is 471 g/mol. The molecule has 7 heteroatoms. The lowest BCUT2D eigenvalue weighted by atomic mass is 10.0. The number of aromatic nitrogens is 1. The van der Waals surface area contributed by atoms with E-state index in [0.717, 1.165) is 55.1 Å². The molecule has 35 heavy (non-hydrogen) atoms. The molecule has 2 aromatic carbocycles. The number of amides is 2. The second-order valence-electron chi connectivity index (χ2n) is 9.74. The van der Waals surface area contributed by atoms with Gasteiger partial charge in [-0.25, -0.2) is 0 Å². The summed E-state index contributed by atoms with van der Waals surface area (Å²) >= 11 is 0. The fraction of sp³-hybridized carbons (Fsp3) is 0.393. The predicted molar refractivity (Wildman–Crippen MR) is 140 cm³/mol. The number of nitrogens with zero attached hydrogens (tertiary/aromatic N) is 3. The van der Waals surface area contributed by atoms with E-state index in [2.05, 4.69) is 10.3 Å². The fourth-order valence-electron chi connectivity index (χ4n) is 5.33. The number of piperidine rings is 2. The zero-order valence-electron chi connectivity index (χ0n) is 20.3. The van der Waals surface area contributed by atoms with Crippen LogP contribution in [0, 0.1) is 6.92 Å². The van der Waals surface area contributed by atoms with Gasteiger partial charge in [-0.2, -0.15) is 0 Å². The Balaban J connectivity index is 1.37. The van der Waals surface area contributed by atoms with Gasteiger partial charge in [-0.3, -0.25) is 14.6 Å². The van der Waals surface area contributed by atoms with Crippen LogP contribution in [0.4, 0.5) is 11.4 Å². The Bertz CT molecular complexity index is 1250. The normalized spacial score (nSPS) is 18.5. The Morgan fingerprint density at radius 1 is 0.971 bits per heavy atom. The number of nitrogen functional groups attached to an aromatic ring is 1. The highest BCUT2D eigenvalue weighted by Crippen LogP contribution is 2.30. The Morgan fingerprint density at radius 2 is 1.74 bits per heavy atom. The molecule has 3 N–H and O–H groups in total. The molecule has 0 aliphatic carbocycles. The third-order valence-corrected chi connectivity index (χ3v) is 7.12. The summed E-state index contributed by atoms with van der Waals surface area (Å²) in [5, 5.41) is 5.42. The molecule has 2 fully saturated rings. The van der Waals surface area contributed by atoms with Crippen molar-refractivity contribution >= 4 is 34.0 Å². The van der Waals surface area contributed by atoms with Gasteiger partial charge in [0.25, 0.3) is 11.8 Å². The van der Waals surface area contributed by atoms with Gasteiger partial charge >= 0.3 is 0 Å². The zero-order valence-corrected chi connectivity index (χ0v) is 20.3. The summed E-state index contributed by atoms with van der Waals surface area (Å²) in [4.78, 5) is 35.1. The van der Waals surface area contributed by atoms with E-state index in [1.165, 1.54) is 6.42 Å². The van der Waals surface area contributed by atoms with Crippen molar-refractivity contribution in [3.8, 4) is 0 Å². The standard InChI is InChI=1S/C28H33N5O2/c1-19-16-23(27(34)32-13-5-2-6-14-32)25(24(29)17-19)31-21-9-7-15-33(18-21)28(35)26-22-10-4-3-8-20(22)11-12-30-26/h3-4,8,10-12,16-17,21,31H,2,5-7,9,13-15,18,29H2,1H3/t21-/m1/s1. The van der Waals surface area contributed by atoms with Gasteiger partial charge in [0.15, 0.2) is 0 Å². The smallest absolute Gasteiger partial charge is 0.273 e. The van der Waals surface area contributed by atoms with Gasteiger partial charge < -0.3 is 20.9 Å². The van der Waals surface area contributed by atoms with Crippen molar-refractivity contribution in [2.75, 3.05) is 37.2 Å². The minimum Gasteiger partial charge on any atom is -0.397 e. The van der Waals surface area contributed by atoms with E-state index < -0.39 is 0 Å². The molecule has 3 aromatic rings. The molecule has 0 saturated carbocycles. The minimum atomic E-state index is -0.0604. The number of carbonyl (C=O) groups excluding carboxylic acids is 2. The Labute approximate surface area is 206 Å². The number of fused-ring (bicyclic) bond motifs is 1. The van der Waals surface area contributed by atoms with Crippen LogP contribution >= 0.6 is 0 Å². The van der Waals surface area contributed by atoms with Gasteiger partial charge in [0, 0.05) is 43.8 Å². The summed E-state index contributed by atoms with van der Waals surface area (Å²) in [6.45, 7) is 4.76. The molecule has 0 spiro atoms. The first-order chi connectivity index (χ1) is 17.0. The Kier molecular flexibility index (Phi) is 6.57. The van der Waals surface area contributed by atoms with Crippen molar-refractivity contribution < 1.29 is 9.59 Å². The van der Waals surface area contributed by atoms with Gasteiger partial charge in [-0.05, 0) is 68.2 Å². The zero-order chi connectivity index (χ0) is 24.4. The molecule has 5 rings (SSSR count). The van der Waals surface area contributed by atoms with E-state index in [4.69, 9.17) is 5.73 Å². The number of rotatable bonds is 4. The number of benzene rings is 2. The maximum absolute atomic E-state index is 13.5. The second-order valence-corrected chi connectivity index (χ2v) is 9.74. The molecule has 0 unspecified atom stereocenters. The molecule has 2 saturated heterocycles. The highest BCUT2D eigenvalue weighted by molar-refractivity contribution is 6.05. The van der Waals surface area contributed by atoms with Crippen molar-refractivity contribution in [3.05, 3.63) is 65.5 Å². The highest BCUT2D eigenvalue weighted by Gasteiger charge is 2.29. The summed E-state index contributed by atoms with van der Waals surface area (Å²) < 4.78 is 0. The topological polar surface area (TPSA) is 91.6 Å². The lowest BCUT2D eigenvalue weighted by Gasteiger charge is -2.35. The number of hydrogen-bond acceptors (Lipinski definition) is 5. The fourth-order valence-corrected chi connectivity index (χ4v) is 5.33. The summed E-state index contributed by atoms with van der Waals surface area (Å²) in [6.07, 6.45) is 6.71. The third kappa shape index (κ3) is 4.81. The van der Waals surface area contributed by atoms with Gasteiger partial charge in [-0.1, -0.05) is 24.3 Å². The van der Waals surface area contributed by atoms with Crippen LogP contribution in [0.3, 0.4) is 0 Å². The predicted octanol–water partition coefficient (Wildman–Crippen LogP) is 4.47. The lowest BCUT2D eigenvalue weighted by Crippen LogP contribution is -2.45. The average Bonchev–Trinajstić information content (AvgIpc) is 2.89. The molecule has 2 aliphatic heterocycles. The van der Waals surface area contributed by atoms with E-state index >= 15 is 0 Å². The van der Waals surface area contributed by atoms with Crippen molar-refractivity contribution in [2.45, 2.75) is 45.1 Å². The first-order valence-electron chi connectivity index (χ1n) is 12.6. The average molecular weight is 472 g/mol. The molecule has 1 atom stereocenters. The van der Waals surface area contributed by atoms with Crippen LogP contribution in [0.2, 0.25) is 0 Å². The Morgan fingerprint density at radius 3 is 2.57 bits per heavy atom. The molecule has 182 valence electrons. The van der Waals surface area contributed by atoms with Crippen molar-refractivity contribution in [1.29, 1.82) is 0 Å². The lowest BCUT2D eigenvalue weighted by molar-refractivity contribution is 0.0704. The van der Waals surface area contributed by atoms with Crippen LogP contribution in [0.25, 0.3) is 10.8 Å². The first-order valence-corrected chi connectivity index (χ1v) is 12.6. The number of anilines is 2. The quantitative estimate of drug-likeness (QED) is 0.548. The summed E-state index contributed by atoms with van der Waals surface area (Å²) in [5.74, 6) is -0.0268. The van der Waals surface area contributed by atoms with Gasteiger partial charge in [0.2, 0.25) is 0 Å². The Hall–Kier alpha value is -3.61. The van der Waals surface area contributed by atoms with Crippen LogP contribution < -0.4 is 11.1 Å². The molecular formula is C28H33N5O2. The van der Waals surface area contributed by atoms with Crippen molar-refractivity contribution in [2.24, 2.45) is 0 Å². The van der Waals surface area contributed by atoms with E-state index in [0.29, 0.717) is 35.7 Å². The maximum atomic E-state index is 13.5. The van der Waals surface area contributed by atoms with Gasteiger partial charge in [-0.15, -0.1) is 0 Å². The molecular weight excluding hydrogens is 438 g/mol. The van der Waals surface area contributed by atoms with E-state index in [-0.39, 0.29) is 17.9 Å². The number of nitrogens with two attached hydrogens (primary N) is 1. The number of carbonyl (C=O) groups is 2. The molecule has 2 aliphatic rings. The van der Waals surface area contributed by atoms with Crippen LogP contribution in [0.15, 0.2) is 48.7 Å². The second kappa shape index (κ2) is 9.94. The third-order valence-electron chi connectivity index (χ3n) is 7.12. The number of nitrogens with one attached hydrogen (secondary N) is 1. The number of pyridine rings is 1. The first kappa shape index (κ1) is 23.1. The molecule has 0 radical (unpaired) electrons. The highest BCUT2D eigenvalue weighted by atomic mass is 16.2. The number of hydrogen-bond donors (Lipinski definition) is 2. The van der Waals surface area contributed by atoms with Crippen LogP contribution in [0.5, 0.6) is 0 Å². The van der Waals surface area contributed by atoms with Crippen LogP contribution in [-0.4, -0.2) is 58.8 Å². The van der Waals surface area contributed by atoms with Crippen molar-refractivity contribution in [1.82, 2.24) is 14.8 Å². The maximum Gasteiger partial charge on any atom is 0.273 e. The molecule has 7 nitrogen and oxygen atoms in total. The molecule has 1 aromatic heterocycles. The van der Waals surface area contributed by atoms with E-state index in [1.807, 2.05) is 59.2 Å². The van der Waals surface area contributed by atoms with Crippen molar-refractivity contribution in [3.63, 3.8) is 0 Å². The minimum absolute atomic E-state index is 0.000545. The summed E-state index contributed by atoms with van der Waals surface area (Å²) in [7, 11) is 0. The van der Waals surface area contributed by atoms with Gasteiger partial charge in [0.1, 0.15) is 5.69 Å². The largest absolute Gasteiger partial charge is 0.397 e. The summed E-state index contributed by atoms with van der Waals surface area (Å²) in [5.41, 5.74) is 9.78. The van der Waals surface area contributed by atoms with Crippen LogP contribution in [0.1, 0.15) is 58.5 Å². The molecule has 2 amide bonds. The van der Waals surface area contributed by atoms with Crippen LogP contribution in [-0.2, 0) is 0 Å². The van der Waals surface area contributed by atoms with E-state index in [1.54, 1.807) is 6.20 Å².